The van der Waals surface area contributed by atoms with E-state index in [2.05, 4.69) is 22.9 Å². The Balaban J connectivity index is 1.65. The maximum absolute atomic E-state index is 13.3. The molecule has 3 atom stereocenters. The molecule has 7 nitrogen and oxygen atoms in total. The van der Waals surface area contributed by atoms with Crippen molar-refractivity contribution in [1.82, 2.24) is 20.9 Å². The summed E-state index contributed by atoms with van der Waals surface area (Å²) in [5, 5.41) is 10.0. The molecule has 1 aliphatic carbocycles. The Morgan fingerprint density at radius 2 is 1.97 bits per heavy atom. The van der Waals surface area contributed by atoms with E-state index in [1.165, 1.54) is 32.1 Å². The van der Waals surface area contributed by atoms with E-state index in [9.17, 15) is 9.59 Å². The van der Waals surface area contributed by atoms with Gasteiger partial charge in [0.1, 0.15) is 6.10 Å². The topological polar surface area (TPSA) is 82.7 Å². The van der Waals surface area contributed by atoms with Gasteiger partial charge in [0, 0.05) is 43.2 Å². The molecule has 1 aliphatic heterocycles. The molecule has 0 radical (unpaired) electrons. The monoisotopic (exact) mass is 520 g/mol. The van der Waals surface area contributed by atoms with Gasteiger partial charge in [0.2, 0.25) is 0 Å². The van der Waals surface area contributed by atoms with Gasteiger partial charge in [-0.25, -0.2) is 9.59 Å². The summed E-state index contributed by atoms with van der Waals surface area (Å²) in [6.45, 7) is 4.69. The molecule has 8 heteroatoms. The van der Waals surface area contributed by atoms with Crippen LogP contribution in [0.5, 0.6) is 0 Å². The first kappa shape index (κ1) is 28.6. The van der Waals surface area contributed by atoms with Crippen LogP contribution < -0.4 is 16.0 Å². The largest absolute Gasteiger partial charge is 0.441 e. The average Bonchev–Trinajstić information content (AvgIpc) is 2.88. The van der Waals surface area contributed by atoms with Crippen LogP contribution in [-0.2, 0) is 4.74 Å². The minimum absolute atomic E-state index is 0.000913. The highest BCUT2D eigenvalue weighted by molar-refractivity contribution is 6.30. The number of hydrogen-bond donors (Lipinski definition) is 3. The number of amides is 3. The van der Waals surface area contributed by atoms with E-state index < -0.39 is 12.2 Å². The van der Waals surface area contributed by atoms with Crippen molar-refractivity contribution in [3.8, 4) is 0 Å². The number of likely N-dealkylation sites (tertiary alicyclic amines) is 1. The quantitative estimate of drug-likeness (QED) is 0.318. The fourth-order valence-corrected chi connectivity index (χ4v) is 5.82. The lowest BCUT2D eigenvalue weighted by Crippen LogP contribution is -2.52. The van der Waals surface area contributed by atoms with Crippen molar-refractivity contribution in [2.45, 2.75) is 83.3 Å². The second kappa shape index (κ2) is 15.3. The number of hydrogen-bond acceptors (Lipinski definition) is 4. The van der Waals surface area contributed by atoms with Gasteiger partial charge in [-0.2, -0.15) is 0 Å². The zero-order valence-corrected chi connectivity index (χ0v) is 22.8. The molecule has 1 aromatic carbocycles. The van der Waals surface area contributed by atoms with E-state index in [1.807, 2.05) is 36.2 Å². The van der Waals surface area contributed by atoms with Crippen molar-refractivity contribution in [2.24, 2.45) is 11.8 Å². The molecule has 2 aliphatic rings. The minimum atomic E-state index is -0.462. The van der Waals surface area contributed by atoms with E-state index in [4.69, 9.17) is 16.3 Å². The molecule has 3 amide bonds. The van der Waals surface area contributed by atoms with E-state index in [0.29, 0.717) is 30.6 Å². The number of likely N-dealkylation sites (N-methyl/N-ethyl adjacent to an activating group) is 1. The number of nitrogens with one attached hydrogen (secondary N) is 3. The SMILES string of the molecule is CCCCNC(=O)O[C@H](c1cccc(Cl)c1)[C@@H]1CCCN(C(=O)N[C@H](CNC)CC2CCCCC2)C1. The summed E-state index contributed by atoms with van der Waals surface area (Å²) in [7, 11) is 1.94. The Labute approximate surface area is 222 Å². The summed E-state index contributed by atoms with van der Waals surface area (Å²) in [5.41, 5.74) is 0.866. The van der Waals surface area contributed by atoms with Crippen molar-refractivity contribution >= 4 is 23.7 Å². The van der Waals surface area contributed by atoms with Crippen molar-refractivity contribution < 1.29 is 14.3 Å². The van der Waals surface area contributed by atoms with Gasteiger partial charge in [0.25, 0.3) is 0 Å². The van der Waals surface area contributed by atoms with E-state index >= 15 is 0 Å². The summed E-state index contributed by atoms with van der Waals surface area (Å²) in [5.74, 6) is 0.694. The molecule has 0 aromatic heterocycles. The molecule has 1 heterocycles. The molecule has 1 aromatic rings. The molecular formula is C28H45ClN4O3. The van der Waals surface area contributed by atoms with Gasteiger partial charge >= 0.3 is 12.1 Å². The Hall–Kier alpha value is -1.99. The number of halogens is 1. The highest BCUT2D eigenvalue weighted by Crippen LogP contribution is 2.34. The number of unbranched alkanes of at least 4 members (excludes halogenated alkanes) is 1. The number of benzene rings is 1. The fraction of sp³-hybridized carbons (Fsp3) is 0.714. The van der Waals surface area contributed by atoms with Crippen molar-refractivity contribution in [3.05, 3.63) is 34.9 Å². The Morgan fingerprint density at radius 1 is 1.17 bits per heavy atom. The number of nitrogens with zero attached hydrogens (tertiary/aromatic N) is 1. The van der Waals surface area contributed by atoms with Crippen molar-refractivity contribution in [3.63, 3.8) is 0 Å². The summed E-state index contributed by atoms with van der Waals surface area (Å²) < 4.78 is 5.95. The molecule has 202 valence electrons. The predicted molar refractivity (Wildman–Crippen MR) is 145 cm³/mol. The summed E-state index contributed by atoms with van der Waals surface area (Å²) >= 11 is 6.28. The number of carbonyl (C=O) groups is 2. The van der Waals surface area contributed by atoms with Crippen LogP contribution in [0.3, 0.4) is 0 Å². The number of urea groups is 1. The molecule has 0 bridgehead atoms. The Kier molecular flexibility index (Phi) is 12.2. The maximum Gasteiger partial charge on any atom is 0.407 e. The predicted octanol–water partition coefficient (Wildman–Crippen LogP) is 5.89. The molecule has 1 saturated carbocycles. The lowest BCUT2D eigenvalue weighted by Gasteiger charge is -2.37. The van der Waals surface area contributed by atoms with Crippen LogP contribution in [0.4, 0.5) is 9.59 Å². The Morgan fingerprint density at radius 3 is 2.69 bits per heavy atom. The molecule has 2 fully saturated rings. The van der Waals surface area contributed by atoms with E-state index in [1.54, 1.807) is 0 Å². The van der Waals surface area contributed by atoms with Crippen LogP contribution in [0.1, 0.15) is 82.8 Å². The number of rotatable bonds is 11. The number of ether oxygens (including phenoxy) is 1. The second-order valence-corrected chi connectivity index (χ2v) is 10.9. The van der Waals surface area contributed by atoms with Gasteiger partial charge in [-0.15, -0.1) is 0 Å². The fourth-order valence-electron chi connectivity index (χ4n) is 5.62. The number of piperidine rings is 1. The van der Waals surface area contributed by atoms with E-state index in [-0.39, 0.29) is 18.0 Å². The number of alkyl carbamates (subject to hydrolysis) is 1. The Bertz CT molecular complexity index is 818. The zero-order chi connectivity index (χ0) is 25.8. The van der Waals surface area contributed by atoms with Gasteiger partial charge in [-0.3, -0.25) is 0 Å². The first-order valence-corrected chi connectivity index (χ1v) is 14.3. The van der Waals surface area contributed by atoms with Crippen LogP contribution in [-0.4, -0.2) is 56.3 Å². The molecule has 3 rings (SSSR count). The lowest BCUT2D eigenvalue weighted by molar-refractivity contribution is 0.0342. The van der Waals surface area contributed by atoms with Crippen LogP contribution >= 0.6 is 11.6 Å². The third-order valence-corrected chi connectivity index (χ3v) is 7.74. The molecule has 0 unspecified atom stereocenters. The third kappa shape index (κ3) is 9.15. The lowest BCUT2D eigenvalue weighted by atomic mass is 9.85. The van der Waals surface area contributed by atoms with Gasteiger partial charge in [0.05, 0.1) is 0 Å². The first-order chi connectivity index (χ1) is 17.5. The van der Waals surface area contributed by atoms with Gasteiger partial charge in [-0.05, 0) is 56.3 Å². The van der Waals surface area contributed by atoms with Crippen LogP contribution in [0.25, 0.3) is 0 Å². The molecule has 0 spiro atoms. The van der Waals surface area contributed by atoms with Gasteiger partial charge < -0.3 is 25.6 Å². The highest BCUT2D eigenvalue weighted by atomic mass is 35.5. The highest BCUT2D eigenvalue weighted by Gasteiger charge is 2.34. The van der Waals surface area contributed by atoms with E-state index in [0.717, 1.165) is 44.2 Å². The molecule has 36 heavy (non-hydrogen) atoms. The summed E-state index contributed by atoms with van der Waals surface area (Å²) in [6.07, 6.45) is 10.3. The average molecular weight is 521 g/mol. The normalized spacial score (nSPS) is 20.4. The second-order valence-electron chi connectivity index (χ2n) is 10.5. The van der Waals surface area contributed by atoms with Gasteiger partial charge in [0.15, 0.2) is 0 Å². The molecule has 1 saturated heterocycles. The van der Waals surface area contributed by atoms with Crippen molar-refractivity contribution in [1.29, 1.82) is 0 Å². The zero-order valence-electron chi connectivity index (χ0n) is 22.1. The summed E-state index contributed by atoms with van der Waals surface area (Å²) in [6, 6.07) is 7.60. The minimum Gasteiger partial charge on any atom is -0.441 e. The van der Waals surface area contributed by atoms with Gasteiger partial charge in [-0.1, -0.05) is 69.2 Å². The van der Waals surface area contributed by atoms with Crippen molar-refractivity contribution in [2.75, 3.05) is 33.2 Å². The van der Waals surface area contributed by atoms with Crippen LogP contribution in [0, 0.1) is 11.8 Å². The maximum atomic E-state index is 13.3. The third-order valence-electron chi connectivity index (χ3n) is 7.50. The molecule has 3 N–H and O–H groups in total. The standard InChI is InChI=1S/C28H45ClN4O3/c1-3-4-15-31-28(35)36-26(22-12-8-14-24(29)18-22)23-13-9-16-33(20-23)27(34)32-25(19-30-2)17-21-10-6-5-7-11-21/h8,12,14,18,21,23,25-26,30H,3-7,9-11,13,15-17,19-20H2,1-2H3,(H,31,35)(H,32,34)/t23-,25+,26-/m1/s1. The summed E-state index contributed by atoms with van der Waals surface area (Å²) in [4.78, 5) is 27.8. The smallest absolute Gasteiger partial charge is 0.407 e. The number of carbonyl (C=O) groups excluding carboxylic acids is 2. The van der Waals surface area contributed by atoms with Crippen LogP contribution in [0.2, 0.25) is 5.02 Å². The van der Waals surface area contributed by atoms with Crippen LogP contribution in [0.15, 0.2) is 24.3 Å². The molecular weight excluding hydrogens is 476 g/mol. The first-order valence-electron chi connectivity index (χ1n) is 13.9.